The summed E-state index contributed by atoms with van der Waals surface area (Å²) in [5.74, 6) is 0.365. The Bertz CT molecular complexity index is 2910. The second kappa shape index (κ2) is 10.9. The predicted molar refractivity (Wildman–Crippen MR) is 217 cm³/mol. The number of aromatic nitrogens is 2. The summed E-state index contributed by atoms with van der Waals surface area (Å²) in [6.45, 7) is 2.43. The second-order valence-electron chi connectivity index (χ2n) is 14.5. The lowest BCUT2D eigenvalue weighted by molar-refractivity contribution is 0.712. The van der Waals surface area contributed by atoms with Gasteiger partial charge in [-0.05, 0) is 111 Å². The van der Waals surface area contributed by atoms with Crippen molar-refractivity contribution in [2.45, 2.75) is 32.1 Å². The Hall–Kier alpha value is -6.12. The zero-order chi connectivity index (χ0) is 33.6. The largest absolute Gasteiger partial charge is 0.316 e. The standard InChI is InChI=1S/C49H36N2/c1-31-27-33(32-23-26-48-44(28-32)41-19-9-11-21-46(41)50(48)34-13-3-2-4-14-34)29-45-42-20-10-12-22-47(42)51(49(31)45)35-24-25-40-38-17-6-5-15-36(38)37-16-7-8-18-39(37)43(40)30-35/h2-11,13-21,23-26,28-31H,12,22,27H2,1H3. The minimum atomic E-state index is 0.365. The van der Waals surface area contributed by atoms with Gasteiger partial charge in [0.05, 0.1) is 11.0 Å². The van der Waals surface area contributed by atoms with Crippen molar-refractivity contribution in [2.24, 2.45) is 0 Å². The predicted octanol–water partition coefficient (Wildman–Crippen LogP) is 13.0. The number of para-hydroxylation sites is 2. The Morgan fingerprint density at radius 2 is 1.16 bits per heavy atom. The molecule has 0 radical (unpaired) electrons. The molecule has 0 spiro atoms. The van der Waals surface area contributed by atoms with Crippen LogP contribution in [-0.4, -0.2) is 9.13 Å². The van der Waals surface area contributed by atoms with Gasteiger partial charge in [-0.1, -0.05) is 116 Å². The molecule has 0 saturated heterocycles. The van der Waals surface area contributed by atoms with E-state index in [2.05, 4.69) is 174 Å². The fourth-order valence-electron chi connectivity index (χ4n) is 9.39. The van der Waals surface area contributed by atoms with Crippen LogP contribution in [0.1, 0.15) is 53.8 Å². The van der Waals surface area contributed by atoms with Gasteiger partial charge >= 0.3 is 0 Å². The summed E-state index contributed by atoms with van der Waals surface area (Å²) in [5, 5.41) is 10.5. The lowest BCUT2D eigenvalue weighted by Crippen LogP contribution is -2.11. The van der Waals surface area contributed by atoms with Crippen molar-refractivity contribution >= 4 is 71.8 Å². The van der Waals surface area contributed by atoms with Crippen molar-refractivity contribution < 1.29 is 0 Å². The Kier molecular flexibility index (Phi) is 6.15. The molecule has 51 heavy (non-hydrogen) atoms. The lowest BCUT2D eigenvalue weighted by Gasteiger charge is -2.25. The van der Waals surface area contributed by atoms with Gasteiger partial charge < -0.3 is 9.13 Å². The summed E-state index contributed by atoms with van der Waals surface area (Å²) in [4.78, 5) is 0. The van der Waals surface area contributed by atoms with Crippen molar-refractivity contribution in [1.82, 2.24) is 9.13 Å². The first kappa shape index (κ1) is 28.7. The zero-order valence-electron chi connectivity index (χ0n) is 28.6. The second-order valence-corrected chi connectivity index (χ2v) is 14.5. The van der Waals surface area contributed by atoms with Crippen LogP contribution < -0.4 is 0 Å². The molecule has 11 rings (SSSR count). The van der Waals surface area contributed by atoms with E-state index in [1.165, 1.54) is 99.1 Å². The molecule has 2 aromatic heterocycles. The van der Waals surface area contributed by atoms with Crippen molar-refractivity contribution in [3.05, 3.63) is 174 Å². The minimum Gasteiger partial charge on any atom is -0.316 e. The monoisotopic (exact) mass is 652 g/mol. The maximum Gasteiger partial charge on any atom is 0.0541 e. The minimum absolute atomic E-state index is 0.365. The first-order valence-corrected chi connectivity index (χ1v) is 18.3. The third-order valence-corrected chi connectivity index (χ3v) is 11.6. The SMILES string of the molecule is CC1CC(c2ccc3c(c2)c2ccccc2n3-c2ccccc2)=Cc2c3c(n(-c4ccc5c6ccccc6c6ccccc6c5c4)c21)CCC=C3. The van der Waals surface area contributed by atoms with Crippen LogP contribution in [0.25, 0.3) is 83.2 Å². The molecule has 1 atom stereocenters. The molecule has 0 amide bonds. The summed E-state index contributed by atoms with van der Waals surface area (Å²) in [6.07, 6.45) is 10.4. The molecular weight excluding hydrogens is 617 g/mol. The van der Waals surface area contributed by atoms with Crippen molar-refractivity contribution in [3.63, 3.8) is 0 Å². The summed E-state index contributed by atoms with van der Waals surface area (Å²) in [6, 6.07) is 51.7. The highest BCUT2D eigenvalue weighted by Crippen LogP contribution is 2.46. The Balaban J connectivity index is 1.10. The van der Waals surface area contributed by atoms with Crippen LogP contribution in [-0.2, 0) is 6.42 Å². The average Bonchev–Trinajstić information content (AvgIpc) is 3.71. The summed E-state index contributed by atoms with van der Waals surface area (Å²) >= 11 is 0. The van der Waals surface area contributed by atoms with Gasteiger partial charge in [0.1, 0.15) is 0 Å². The number of hydrogen-bond acceptors (Lipinski definition) is 0. The quantitative estimate of drug-likeness (QED) is 0.168. The molecule has 0 N–H and O–H groups in total. The average molecular weight is 653 g/mol. The highest BCUT2D eigenvalue weighted by atomic mass is 15.0. The van der Waals surface area contributed by atoms with E-state index in [1.807, 2.05) is 0 Å². The first-order valence-electron chi connectivity index (χ1n) is 18.3. The summed E-state index contributed by atoms with van der Waals surface area (Å²) < 4.78 is 5.04. The summed E-state index contributed by atoms with van der Waals surface area (Å²) in [5.41, 5.74) is 13.4. The molecule has 0 fully saturated rings. The van der Waals surface area contributed by atoms with Gasteiger partial charge in [-0.2, -0.15) is 0 Å². The van der Waals surface area contributed by atoms with E-state index in [9.17, 15) is 0 Å². The smallest absolute Gasteiger partial charge is 0.0541 e. The number of nitrogens with zero attached hydrogens (tertiary/aromatic N) is 2. The van der Waals surface area contributed by atoms with Crippen molar-refractivity contribution in [1.29, 1.82) is 0 Å². The Morgan fingerprint density at radius 3 is 1.92 bits per heavy atom. The number of rotatable bonds is 3. The van der Waals surface area contributed by atoms with Gasteiger partial charge in [-0.25, -0.2) is 0 Å². The molecule has 2 nitrogen and oxygen atoms in total. The fourth-order valence-corrected chi connectivity index (χ4v) is 9.39. The third-order valence-electron chi connectivity index (χ3n) is 11.6. The van der Waals surface area contributed by atoms with Crippen LogP contribution in [0.5, 0.6) is 0 Å². The fraction of sp³-hybridized carbons (Fsp3) is 0.102. The molecule has 2 heterocycles. The molecular formula is C49H36N2. The number of benzene rings is 7. The van der Waals surface area contributed by atoms with E-state index in [1.54, 1.807) is 0 Å². The molecule has 2 aliphatic rings. The topological polar surface area (TPSA) is 9.86 Å². The van der Waals surface area contributed by atoms with E-state index in [0.29, 0.717) is 5.92 Å². The highest BCUT2D eigenvalue weighted by Gasteiger charge is 2.30. The Morgan fingerprint density at radius 1 is 0.510 bits per heavy atom. The van der Waals surface area contributed by atoms with E-state index in [4.69, 9.17) is 0 Å². The van der Waals surface area contributed by atoms with E-state index < -0.39 is 0 Å². The summed E-state index contributed by atoms with van der Waals surface area (Å²) in [7, 11) is 0. The van der Waals surface area contributed by atoms with Gasteiger partial charge in [-0.15, -0.1) is 0 Å². The van der Waals surface area contributed by atoms with Crippen LogP contribution in [0.15, 0.2) is 146 Å². The lowest BCUT2D eigenvalue weighted by atomic mass is 9.83. The maximum atomic E-state index is 2.63. The zero-order valence-corrected chi connectivity index (χ0v) is 28.6. The van der Waals surface area contributed by atoms with Crippen LogP contribution in [0.4, 0.5) is 0 Å². The Labute approximate surface area is 297 Å². The van der Waals surface area contributed by atoms with E-state index >= 15 is 0 Å². The number of fused-ring (bicyclic) bond motifs is 12. The normalized spacial score (nSPS) is 15.5. The van der Waals surface area contributed by atoms with Crippen LogP contribution in [0.2, 0.25) is 0 Å². The van der Waals surface area contributed by atoms with E-state index in [0.717, 1.165) is 19.3 Å². The van der Waals surface area contributed by atoms with Crippen LogP contribution in [0.3, 0.4) is 0 Å². The molecule has 0 bridgehead atoms. The molecule has 242 valence electrons. The molecule has 2 heteroatoms. The molecule has 9 aromatic rings. The van der Waals surface area contributed by atoms with Gasteiger partial charge in [0.15, 0.2) is 0 Å². The van der Waals surface area contributed by atoms with E-state index in [-0.39, 0.29) is 0 Å². The number of hydrogen-bond donors (Lipinski definition) is 0. The van der Waals surface area contributed by atoms with Crippen LogP contribution >= 0.6 is 0 Å². The first-order chi connectivity index (χ1) is 25.2. The molecule has 2 aliphatic carbocycles. The van der Waals surface area contributed by atoms with Gasteiger partial charge in [0, 0.05) is 50.6 Å². The van der Waals surface area contributed by atoms with Gasteiger partial charge in [0.25, 0.3) is 0 Å². The number of allylic oxidation sites excluding steroid dienone is 2. The third kappa shape index (κ3) is 4.17. The molecule has 1 unspecified atom stereocenters. The highest BCUT2D eigenvalue weighted by molar-refractivity contribution is 6.25. The van der Waals surface area contributed by atoms with Crippen LogP contribution in [0, 0.1) is 0 Å². The van der Waals surface area contributed by atoms with Crippen molar-refractivity contribution in [2.75, 3.05) is 0 Å². The van der Waals surface area contributed by atoms with Crippen molar-refractivity contribution in [3.8, 4) is 11.4 Å². The van der Waals surface area contributed by atoms with Gasteiger partial charge in [0.2, 0.25) is 0 Å². The molecule has 0 saturated carbocycles. The maximum absolute atomic E-state index is 2.63. The van der Waals surface area contributed by atoms with Gasteiger partial charge in [-0.3, -0.25) is 0 Å². The molecule has 7 aromatic carbocycles. The molecule has 0 aliphatic heterocycles.